The largest absolute Gasteiger partial charge is 0.444 e. The summed E-state index contributed by atoms with van der Waals surface area (Å²) in [4.78, 5) is 38.2. The number of rotatable bonds is 10. The molecule has 2 atom stereocenters. The summed E-state index contributed by atoms with van der Waals surface area (Å²) in [5.74, 6) is -0.618. The van der Waals surface area contributed by atoms with Gasteiger partial charge in [0.15, 0.2) is 5.03 Å². The first-order valence-corrected chi connectivity index (χ1v) is 11.9. The van der Waals surface area contributed by atoms with E-state index in [9.17, 15) is 19.7 Å². The van der Waals surface area contributed by atoms with Gasteiger partial charge in [0.05, 0.1) is 5.60 Å². The zero-order valence-corrected chi connectivity index (χ0v) is 21.4. The van der Waals surface area contributed by atoms with Crippen molar-refractivity contribution in [2.45, 2.75) is 103 Å². The van der Waals surface area contributed by atoms with Crippen LogP contribution in [0.4, 0.5) is 4.79 Å². The molecule has 0 bridgehead atoms. The summed E-state index contributed by atoms with van der Waals surface area (Å²) in [7, 11) is 0. The molecule has 1 aliphatic rings. The summed E-state index contributed by atoms with van der Waals surface area (Å²) in [6, 6.07) is -0.777. The van der Waals surface area contributed by atoms with Gasteiger partial charge in [0.2, 0.25) is 5.91 Å². The number of carbonyl (C=O) groups excluding carboxylic acids is 2. The Balaban J connectivity index is 2.81. The number of ether oxygens (including phenoxy) is 2. The van der Waals surface area contributed by atoms with Gasteiger partial charge in [-0.15, -0.1) is 0 Å². The number of hydrogen-bond donors (Lipinski definition) is 4. The lowest BCUT2D eigenvalue weighted by Crippen LogP contribution is -2.54. The molecule has 1 unspecified atom stereocenters. The second kappa shape index (κ2) is 13.3. The number of alkyl carbamates (subject to hydrolysis) is 1. The van der Waals surface area contributed by atoms with Gasteiger partial charge in [-0.2, -0.15) is 0 Å². The molecule has 1 saturated heterocycles. The van der Waals surface area contributed by atoms with Gasteiger partial charge in [0.1, 0.15) is 11.6 Å². The molecule has 12 heteroatoms. The molecule has 0 radical (unpaired) electrons. The molecule has 4 N–H and O–H groups in total. The van der Waals surface area contributed by atoms with E-state index in [0.717, 1.165) is 19.3 Å². The number of carbonyl (C=O) groups is 2. The van der Waals surface area contributed by atoms with E-state index in [1.165, 1.54) is 0 Å². The molecule has 0 aromatic carbocycles. The van der Waals surface area contributed by atoms with E-state index in [0.29, 0.717) is 32.4 Å². The van der Waals surface area contributed by atoms with E-state index in [2.05, 4.69) is 10.6 Å². The highest BCUT2D eigenvalue weighted by atomic mass is 16.7. The van der Waals surface area contributed by atoms with E-state index < -0.39 is 28.7 Å². The van der Waals surface area contributed by atoms with Crippen LogP contribution in [0.5, 0.6) is 0 Å². The zero-order chi connectivity index (χ0) is 25.9. The van der Waals surface area contributed by atoms with Crippen LogP contribution < -0.4 is 16.1 Å². The van der Waals surface area contributed by atoms with Crippen molar-refractivity contribution in [1.29, 1.82) is 5.41 Å². The first-order valence-electron chi connectivity index (χ1n) is 11.9. The molecule has 2 amide bonds. The maximum atomic E-state index is 13.5. The molecule has 34 heavy (non-hydrogen) atoms. The highest BCUT2D eigenvalue weighted by Crippen LogP contribution is 2.22. The second-order valence-electron chi connectivity index (χ2n) is 10.4. The number of amides is 2. The van der Waals surface area contributed by atoms with E-state index in [1.54, 1.807) is 26.2 Å². The molecule has 1 rings (SSSR count). The van der Waals surface area contributed by atoms with Crippen LogP contribution in [0, 0.1) is 15.5 Å². The van der Waals surface area contributed by atoms with Crippen molar-refractivity contribution in [3.8, 4) is 0 Å². The highest BCUT2D eigenvalue weighted by Gasteiger charge is 2.33. The van der Waals surface area contributed by atoms with Crippen LogP contribution in [0.15, 0.2) is 0 Å². The van der Waals surface area contributed by atoms with Crippen molar-refractivity contribution in [3.05, 3.63) is 10.1 Å². The summed E-state index contributed by atoms with van der Waals surface area (Å²) in [6.07, 6.45) is 3.54. The Kier molecular flexibility index (Phi) is 11.5. The van der Waals surface area contributed by atoms with E-state index in [1.807, 2.05) is 25.7 Å². The van der Waals surface area contributed by atoms with Gasteiger partial charge in [-0.25, -0.2) is 14.9 Å². The lowest BCUT2D eigenvalue weighted by molar-refractivity contribution is -0.525. The molecule has 0 aliphatic carbocycles. The number of piperidine rings is 1. The van der Waals surface area contributed by atoms with Crippen LogP contribution in [-0.2, 0) is 14.3 Å². The fraction of sp³-hybridized carbons (Fsp3) is 0.864. The van der Waals surface area contributed by atoms with Gasteiger partial charge in [-0.1, -0.05) is 5.43 Å². The number of nitro groups is 1. The van der Waals surface area contributed by atoms with Gasteiger partial charge in [0, 0.05) is 25.7 Å². The lowest BCUT2D eigenvalue weighted by Gasteiger charge is -2.38. The summed E-state index contributed by atoms with van der Waals surface area (Å²) in [5, 5.41) is 22.3. The van der Waals surface area contributed by atoms with Crippen LogP contribution >= 0.6 is 0 Å². The fourth-order valence-electron chi connectivity index (χ4n) is 3.65. The van der Waals surface area contributed by atoms with Gasteiger partial charge in [-0.05, 0) is 80.1 Å². The maximum Gasteiger partial charge on any atom is 0.408 e. The number of nitrogens with zero attached hydrogens (tertiary/aromatic N) is 2. The molecule has 0 aromatic rings. The van der Waals surface area contributed by atoms with Crippen molar-refractivity contribution in [3.63, 3.8) is 0 Å². The Labute approximate surface area is 202 Å². The number of hydrogen-bond acceptors (Lipinski definition) is 7. The smallest absolute Gasteiger partial charge is 0.408 e. The van der Waals surface area contributed by atoms with Crippen molar-refractivity contribution in [1.82, 2.24) is 21.0 Å². The van der Waals surface area contributed by atoms with Crippen LogP contribution in [0.2, 0.25) is 0 Å². The van der Waals surface area contributed by atoms with Crippen molar-refractivity contribution in [2.24, 2.45) is 0 Å². The Hall–Kier alpha value is -2.63. The Bertz CT molecular complexity index is 703. The minimum absolute atomic E-state index is 0.0298. The third-order valence-electron chi connectivity index (χ3n) is 5.06. The lowest BCUT2D eigenvalue weighted by atomic mass is 9.97. The summed E-state index contributed by atoms with van der Waals surface area (Å²) in [5.41, 5.74) is 0.754. The highest BCUT2D eigenvalue weighted by molar-refractivity contribution is 5.86. The van der Waals surface area contributed by atoms with Crippen molar-refractivity contribution >= 4 is 18.0 Å². The Morgan fingerprint density at radius 2 is 1.85 bits per heavy atom. The summed E-state index contributed by atoms with van der Waals surface area (Å²) >= 11 is 0. The van der Waals surface area contributed by atoms with Gasteiger partial charge in [0.25, 0.3) is 5.96 Å². The quantitative estimate of drug-likeness (QED) is 0.120. The summed E-state index contributed by atoms with van der Waals surface area (Å²) < 4.78 is 11.2. The third kappa shape index (κ3) is 12.6. The Morgan fingerprint density at radius 3 is 2.44 bits per heavy atom. The minimum atomic E-state index is -0.828. The predicted octanol–water partition coefficient (Wildman–Crippen LogP) is 2.55. The average Bonchev–Trinajstić information content (AvgIpc) is 2.67. The molecule has 12 nitrogen and oxygen atoms in total. The molecule has 0 aromatic heterocycles. The SMILES string of the molecule is CC(C)(C)OCCC1CCCCN1C(=O)[C@H](CCCNC(=N)N[N+](=O)[O-])NC(=O)OC(C)(C)C. The number of nitrogens with one attached hydrogen (secondary N) is 4. The first kappa shape index (κ1) is 29.4. The normalized spacial score (nSPS) is 17.5. The topological polar surface area (TPSA) is 159 Å². The van der Waals surface area contributed by atoms with Gasteiger partial charge < -0.3 is 25.0 Å². The number of hydrazine groups is 1. The minimum Gasteiger partial charge on any atom is -0.444 e. The molecule has 0 spiro atoms. The predicted molar refractivity (Wildman–Crippen MR) is 128 cm³/mol. The third-order valence-corrected chi connectivity index (χ3v) is 5.06. The molecular formula is C22H42N6O6. The van der Waals surface area contributed by atoms with E-state index in [-0.39, 0.29) is 24.1 Å². The first-order chi connectivity index (χ1) is 15.7. The van der Waals surface area contributed by atoms with Crippen LogP contribution in [0.3, 0.4) is 0 Å². The standard InChI is InChI=1S/C22H42N6O6/c1-21(2,3)33-15-12-16-10-7-8-14-27(16)18(29)17(25-20(30)34-22(4,5)6)11-9-13-24-19(23)26-28(31)32/h16-17H,7-15H2,1-6H3,(H,25,30)(H3,23,24,26)/t16?,17-/m0/s1. The van der Waals surface area contributed by atoms with Gasteiger partial charge in [-0.3, -0.25) is 10.2 Å². The van der Waals surface area contributed by atoms with Crippen molar-refractivity contribution < 1.29 is 24.1 Å². The number of likely N-dealkylation sites (tertiary alicyclic amines) is 1. The summed E-state index contributed by atoms with van der Waals surface area (Å²) in [6.45, 7) is 12.6. The molecule has 0 saturated carbocycles. The zero-order valence-electron chi connectivity index (χ0n) is 21.4. The fourth-order valence-corrected chi connectivity index (χ4v) is 3.65. The van der Waals surface area contributed by atoms with Gasteiger partial charge >= 0.3 is 6.09 Å². The number of guanidine groups is 1. The second-order valence-corrected chi connectivity index (χ2v) is 10.4. The van der Waals surface area contributed by atoms with E-state index >= 15 is 0 Å². The van der Waals surface area contributed by atoms with Crippen LogP contribution in [-0.4, -0.2) is 70.9 Å². The van der Waals surface area contributed by atoms with Crippen LogP contribution in [0.1, 0.15) is 80.1 Å². The average molecular weight is 487 g/mol. The maximum absolute atomic E-state index is 13.5. The van der Waals surface area contributed by atoms with Crippen molar-refractivity contribution in [2.75, 3.05) is 19.7 Å². The molecule has 1 heterocycles. The molecule has 196 valence electrons. The van der Waals surface area contributed by atoms with E-state index in [4.69, 9.17) is 14.9 Å². The molecular weight excluding hydrogens is 444 g/mol. The monoisotopic (exact) mass is 486 g/mol. The van der Waals surface area contributed by atoms with Crippen LogP contribution in [0.25, 0.3) is 0 Å². The molecule has 1 aliphatic heterocycles. The molecule has 1 fully saturated rings. The Morgan fingerprint density at radius 1 is 1.18 bits per heavy atom.